The van der Waals surface area contributed by atoms with Gasteiger partial charge in [0.1, 0.15) is 0 Å². The Morgan fingerprint density at radius 1 is 1.10 bits per heavy atom. The molecule has 0 unspecified atom stereocenters. The van der Waals surface area contributed by atoms with Gasteiger partial charge in [0.05, 0.1) is 32.1 Å². The van der Waals surface area contributed by atoms with Crippen LogP contribution in [0.15, 0.2) is 40.7 Å². The Kier molecular flexibility index (Phi) is 7.06. The van der Waals surface area contributed by atoms with Crippen molar-refractivity contribution in [3.63, 3.8) is 0 Å². The van der Waals surface area contributed by atoms with E-state index in [1.165, 1.54) is 0 Å². The second-order valence-electron chi connectivity index (χ2n) is 7.52. The molecule has 1 heterocycles. The molecule has 31 heavy (non-hydrogen) atoms. The lowest BCUT2D eigenvalue weighted by molar-refractivity contribution is -0.147. The first-order valence-corrected chi connectivity index (χ1v) is 12.5. The van der Waals surface area contributed by atoms with Gasteiger partial charge in [-0.05, 0) is 48.7 Å². The smallest absolute Gasteiger partial charge is 0.307 e. The van der Waals surface area contributed by atoms with E-state index in [-0.39, 0.29) is 5.91 Å². The molecule has 0 aliphatic heterocycles. The summed E-state index contributed by atoms with van der Waals surface area (Å²) in [5.41, 5.74) is 2.59. The Hall–Kier alpha value is -1.80. The number of aliphatic carboxylic acids is 1. The SMILES string of the molecule is O=C(Nc1ccc2nc(SCc3ccc(Cl)c(Cl)c3)sc2c1)[C@H]1CCCC[C@H]1C(=O)O. The highest BCUT2D eigenvalue weighted by molar-refractivity contribution is 8.00. The number of carboxylic acids is 1. The van der Waals surface area contributed by atoms with Crippen molar-refractivity contribution in [2.75, 3.05) is 5.32 Å². The molecule has 1 aliphatic rings. The van der Waals surface area contributed by atoms with Crippen molar-refractivity contribution in [1.82, 2.24) is 4.98 Å². The highest BCUT2D eigenvalue weighted by Crippen LogP contribution is 2.35. The summed E-state index contributed by atoms with van der Waals surface area (Å²) in [7, 11) is 0. The van der Waals surface area contributed by atoms with Gasteiger partial charge >= 0.3 is 5.97 Å². The lowest BCUT2D eigenvalue weighted by Gasteiger charge is -2.27. The van der Waals surface area contributed by atoms with Gasteiger partial charge in [0.2, 0.25) is 5.91 Å². The molecule has 162 valence electrons. The third-order valence-electron chi connectivity index (χ3n) is 5.40. The van der Waals surface area contributed by atoms with E-state index < -0.39 is 17.8 Å². The number of rotatable bonds is 6. The zero-order valence-corrected chi connectivity index (χ0v) is 19.6. The molecular formula is C22H20Cl2N2O3S2. The molecule has 1 aliphatic carbocycles. The van der Waals surface area contributed by atoms with Gasteiger partial charge in [-0.25, -0.2) is 4.98 Å². The van der Waals surface area contributed by atoms with E-state index >= 15 is 0 Å². The molecule has 0 radical (unpaired) electrons. The minimum atomic E-state index is -0.888. The summed E-state index contributed by atoms with van der Waals surface area (Å²) in [4.78, 5) is 28.9. The fraction of sp³-hybridized carbons (Fsp3) is 0.318. The van der Waals surface area contributed by atoms with Crippen LogP contribution in [0.25, 0.3) is 10.2 Å². The maximum atomic E-state index is 12.7. The van der Waals surface area contributed by atoms with Crippen LogP contribution in [-0.2, 0) is 15.3 Å². The number of nitrogens with zero attached hydrogens (tertiary/aromatic N) is 1. The average Bonchev–Trinajstić information content (AvgIpc) is 3.16. The van der Waals surface area contributed by atoms with Gasteiger partial charge < -0.3 is 10.4 Å². The number of benzene rings is 2. The number of fused-ring (bicyclic) bond motifs is 1. The van der Waals surface area contributed by atoms with Crippen LogP contribution in [0.2, 0.25) is 10.0 Å². The van der Waals surface area contributed by atoms with E-state index in [0.717, 1.165) is 38.7 Å². The van der Waals surface area contributed by atoms with Crippen LogP contribution in [0, 0.1) is 11.8 Å². The third-order valence-corrected chi connectivity index (χ3v) is 8.37. The number of nitrogens with one attached hydrogen (secondary N) is 1. The summed E-state index contributed by atoms with van der Waals surface area (Å²) in [5.74, 6) is -1.48. The molecule has 1 aromatic heterocycles. The van der Waals surface area contributed by atoms with Crippen molar-refractivity contribution in [2.45, 2.75) is 35.8 Å². The molecule has 5 nitrogen and oxygen atoms in total. The number of thiazole rings is 1. The highest BCUT2D eigenvalue weighted by atomic mass is 35.5. The van der Waals surface area contributed by atoms with Crippen molar-refractivity contribution in [1.29, 1.82) is 0 Å². The topological polar surface area (TPSA) is 79.3 Å². The molecule has 2 atom stereocenters. The standard InChI is InChI=1S/C22H20Cl2N2O3S2/c23-16-7-5-12(9-17(16)24)11-30-22-26-18-8-6-13(10-19(18)31-22)25-20(27)14-3-1-2-4-15(14)21(28)29/h5-10,14-15H,1-4,11H2,(H,25,27)(H,28,29)/t14-,15+/m0/s1. The van der Waals surface area contributed by atoms with Gasteiger partial charge in [0.15, 0.2) is 4.34 Å². The van der Waals surface area contributed by atoms with Gasteiger partial charge in [-0.1, -0.05) is 53.9 Å². The minimum Gasteiger partial charge on any atom is -0.481 e. The number of aromatic nitrogens is 1. The van der Waals surface area contributed by atoms with Crippen LogP contribution >= 0.6 is 46.3 Å². The number of carbonyl (C=O) groups excluding carboxylic acids is 1. The summed E-state index contributed by atoms with van der Waals surface area (Å²) in [6.07, 6.45) is 2.91. The molecule has 9 heteroatoms. The zero-order chi connectivity index (χ0) is 22.0. The van der Waals surface area contributed by atoms with Gasteiger partial charge in [-0.2, -0.15) is 0 Å². The second kappa shape index (κ2) is 9.77. The maximum Gasteiger partial charge on any atom is 0.307 e. The van der Waals surface area contributed by atoms with E-state index in [1.54, 1.807) is 29.2 Å². The van der Waals surface area contributed by atoms with Gasteiger partial charge in [0.25, 0.3) is 0 Å². The predicted octanol–water partition coefficient (Wildman–Crippen LogP) is 6.72. The summed E-state index contributed by atoms with van der Waals surface area (Å²) >= 11 is 15.2. The number of hydrogen-bond donors (Lipinski definition) is 2. The molecule has 2 aromatic carbocycles. The Morgan fingerprint density at radius 2 is 1.87 bits per heavy atom. The number of amides is 1. The van der Waals surface area contributed by atoms with E-state index in [4.69, 9.17) is 23.2 Å². The average molecular weight is 495 g/mol. The lowest BCUT2D eigenvalue weighted by atomic mass is 9.78. The number of carboxylic acid groups (broad SMARTS) is 1. The van der Waals surface area contributed by atoms with E-state index in [0.29, 0.717) is 28.6 Å². The third kappa shape index (κ3) is 5.34. The summed E-state index contributed by atoms with van der Waals surface area (Å²) in [5, 5.41) is 13.4. The molecule has 1 saturated carbocycles. The predicted molar refractivity (Wildman–Crippen MR) is 127 cm³/mol. The Labute approximate surface area is 198 Å². The largest absolute Gasteiger partial charge is 0.481 e. The zero-order valence-electron chi connectivity index (χ0n) is 16.4. The molecule has 3 aromatic rings. The molecule has 0 saturated heterocycles. The maximum absolute atomic E-state index is 12.7. The summed E-state index contributed by atoms with van der Waals surface area (Å²) in [6.45, 7) is 0. The Balaban J connectivity index is 1.44. The first kappa shape index (κ1) is 22.4. The van der Waals surface area contributed by atoms with Gasteiger partial charge in [-0.15, -0.1) is 11.3 Å². The van der Waals surface area contributed by atoms with Crippen LogP contribution in [0.4, 0.5) is 5.69 Å². The minimum absolute atomic E-state index is 0.217. The molecule has 1 amide bonds. The second-order valence-corrected chi connectivity index (χ2v) is 10.6. The molecule has 1 fully saturated rings. The lowest BCUT2D eigenvalue weighted by Crippen LogP contribution is -2.36. The fourth-order valence-corrected chi connectivity index (χ4v) is 6.16. The van der Waals surface area contributed by atoms with Crippen LogP contribution in [0.5, 0.6) is 0 Å². The quantitative estimate of drug-likeness (QED) is 0.371. The fourth-order valence-electron chi connectivity index (χ4n) is 3.79. The normalized spacial score (nSPS) is 18.8. The van der Waals surface area contributed by atoms with Crippen LogP contribution < -0.4 is 5.32 Å². The Bertz CT molecular complexity index is 1140. The number of hydrogen-bond acceptors (Lipinski definition) is 5. The van der Waals surface area contributed by atoms with Gasteiger partial charge in [0, 0.05) is 11.4 Å². The first-order valence-electron chi connectivity index (χ1n) is 9.91. The van der Waals surface area contributed by atoms with Crippen molar-refractivity contribution in [3.05, 3.63) is 52.0 Å². The van der Waals surface area contributed by atoms with Crippen molar-refractivity contribution < 1.29 is 14.7 Å². The van der Waals surface area contributed by atoms with Crippen LogP contribution in [0.3, 0.4) is 0 Å². The van der Waals surface area contributed by atoms with Crippen LogP contribution in [0.1, 0.15) is 31.2 Å². The highest BCUT2D eigenvalue weighted by Gasteiger charge is 2.35. The number of anilines is 1. The van der Waals surface area contributed by atoms with Crippen molar-refractivity contribution in [3.8, 4) is 0 Å². The monoisotopic (exact) mass is 494 g/mol. The molecule has 4 rings (SSSR count). The van der Waals surface area contributed by atoms with Crippen LogP contribution in [-0.4, -0.2) is 22.0 Å². The first-order chi connectivity index (χ1) is 14.9. The number of carbonyl (C=O) groups is 2. The summed E-state index contributed by atoms with van der Waals surface area (Å²) < 4.78 is 1.88. The molecule has 2 N–H and O–H groups in total. The van der Waals surface area contributed by atoms with Crippen molar-refractivity contribution in [2.24, 2.45) is 11.8 Å². The summed E-state index contributed by atoms with van der Waals surface area (Å²) in [6, 6.07) is 11.2. The molecule has 0 bridgehead atoms. The molecular weight excluding hydrogens is 475 g/mol. The number of halogens is 2. The van der Waals surface area contributed by atoms with Crippen molar-refractivity contribution >= 4 is 74.1 Å². The van der Waals surface area contributed by atoms with Gasteiger partial charge in [-0.3, -0.25) is 9.59 Å². The number of thioether (sulfide) groups is 1. The van der Waals surface area contributed by atoms with E-state index in [9.17, 15) is 14.7 Å². The van der Waals surface area contributed by atoms with E-state index in [2.05, 4.69) is 10.3 Å². The molecule has 0 spiro atoms. The van der Waals surface area contributed by atoms with E-state index in [1.807, 2.05) is 30.3 Å². The Morgan fingerprint density at radius 3 is 2.61 bits per heavy atom.